The Morgan fingerprint density at radius 3 is 2.53 bits per heavy atom. The third kappa shape index (κ3) is 3.51. The molecule has 0 radical (unpaired) electrons. The van der Waals surface area contributed by atoms with Gasteiger partial charge in [-0.1, -0.05) is 38.1 Å². The Kier molecular flexibility index (Phi) is 5.31. The standard InChI is InChI=1S/C25H30N6O/c1-15(2)22-23(19-8-6-18(7-9-19)17(4)30(5)21-12-32-13-21)28-29-24(22)20-10-16(3)25-26-14-27-31(25)11-20/h6-11,14-15,17,21H,12-13H2,1-5H3,(H,28,29)/t17-/m0/s1. The Morgan fingerprint density at radius 2 is 1.88 bits per heavy atom. The number of ether oxygens (including phenoxy) is 1. The first kappa shape index (κ1) is 20.8. The number of aromatic nitrogens is 5. The van der Waals surface area contributed by atoms with Crippen LogP contribution in [0.15, 0.2) is 42.9 Å². The van der Waals surface area contributed by atoms with E-state index in [-0.39, 0.29) is 0 Å². The molecule has 0 bridgehead atoms. The Balaban J connectivity index is 1.49. The molecule has 1 fully saturated rings. The Labute approximate surface area is 188 Å². The van der Waals surface area contributed by atoms with Crippen molar-refractivity contribution >= 4 is 5.65 Å². The second kappa shape index (κ2) is 8.15. The molecule has 166 valence electrons. The topological polar surface area (TPSA) is 71.3 Å². The molecule has 5 rings (SSSR count). The summed E-state index contributed by atoms with van der Waals surface area (Å²) in [5.74, 6) is 0.314. The van der Waals surface area contributed by atoms with Crippen molar-refractivity contribution in [2.75, 3.05) is 20.3 Å². The number of nitrogens with zero attached hydrogens (tertiary/aromatic N) is 5. The van der Waals surface area contributed by atoms with Crippen LogP contribution in [0.25, 0.3) is 28.2 Å². The molecule has 0 spiro atoms. The molecule has 0 unspecified atom stereocenters. The van der Waals surface area contributed by atoms with E-state index in [1.807, 2.05) is 10.7 Å². The van der Waals surface area contributed by atoms with E-state index in [1.54, 1.807) is 6.33 Å². The summed E-state index contributed by atoms with van der Waals surface area (Å²) in [6.07, 6.45) is 3.61. The van der Waals surface area contributed by atoms with Crippen molar-refractivity contribution in [3.8, 4) is 22.5 Å². The van der Waals surface area contributed by atoms with Crippen LogP contribution in [0.5, 0.6) is 0 Å². The molecule has 1 aliphatic rings. The number of benzene rings is 1. The lowest BCUT2D eigenvalue weighted by atomic mass is 9.93. The number of pyridine rings is 1. The quantitative estimate of drug-likeness (QED) is 0.484. The van der Waals surface area contributed by atoms with Crippen LogP contribution >= 0.6 is 0 Å². The predicted octanol–water partition coefficient (Wildman–Crippen LogP) is 4.61. The number of fused-ring (bicyclic) bond motifs is 1. The fourth-order valence-electron chi connectivity index (χ4n) is 4.51. The largest absolute Gasteiger partial charge is 0.378 e. The highest BCUT2D eigenvalue weighted by molar-refractivity contribution is 5.75. The molecule has 1 aliphatic heterocycles. The highest BCUT2D eigenvalue weighted by atomic mass is 16.5. The molecule has 0 aliphatic carbocycles. The first-order valence-corrected chi connectivity index (χ1v) is 11.2. The number of hydrogen-bond acceptors (Lipinski definition) is 5. The molecule has 32 heavy (non-hydrogen) atoms. The van der Waals surface area contributed by atoms with E-state index in [1.165, 1.54) is 11.1 Å². The fourth-order valence-corrected chi connectivity index (χ4v) is 4.51. The van der Waals surface area contributed by atoms with Gasteiger partial charge in [0.25, 0.3) is 0 Å². The van der Waals surface area contributed by atoms with Crippen LogP contribution in [-0.2, 0) is 4.74 Å². The van der Waals surface area contributed by atoms with Crippen molar-refractivity contribution in [3.63, 3.8) is 0 Å². The summed E-state index contributed by atoms with van der Waals surface area (Å²) in [5, 5.41) is 12.4. The number of hydrogen-bond donors (Lipinski definition) is 1. The summed E-state index contributed by atoms with van der Waals surface area (Å²) in [6, 6.07) is 11.8. The highest BCUT2D eigenvalue weighted by Crippen LogP contribution is 2.36. The Bertz CT molecular complexity index is 1240. The number of aromatic amines is 1. The summed E-state index contributed by atoms with van der Waals surface area (Å²) in [5.41, 5.74) is 8.72. The molecule has 4 aromatic rings. The highest BCUT2D eigenvalue weighted by Gasteiger charge is 2.27. The maximum absolute atomic E-state index is 5.36. The molecule has 0 amide bonds. The first-order chi connectivity index (χ1) is 15.4. The number of aryl methyl sites for hydroxylation is 1. The zero-order chi connectivity index (χ0) is 22.4. The van der Waals surface area contributed by atoms with Crippen molar-refractivity contribution in [1.29, 1.82) is 0 Å². The molecule has 1 aromatic carbocycles. The summed E-state index contributed by atoms with van der Waals surface area (Å²) < 4.78 is 7.19. The lowest BCUT2D eigenvalue weighted by molar-refractivity contribution is -0.0677. The summed E-state index contributed by atoms with van der Waals surface area (Å²) in [4.78, 5) is 6.73. The molecular weight excluding hydrogens is 400 g/mol. The minimum atomic E-state index is 0.314. The fraction of sp³-hybridized carbons (Fsp3) is 0.400. The lowest BCUT2D eigenvalue weighted by Gasteiger charge is -2.38. The second-order valence-electron chi connectivity index (χ2n) is 9.11. The summed E-state index contributed by atoms with van der Waals surface area (Å²) in [6.45, 7) is 10.4. The number of nitrogens with one attached hydrogen (secondary N) is 1. The normalized spacial score (nSPS) is 15.6. The van der Waals surface area contributed by atoms with Gasteiger partial charge >= 0.3 is 0 Å². The maximum atomic E-state index is 5.36. The smallest absolute Gasteiger partial charge is 0.158 e. The van der Waals surface area contributed by atoms with E-state index in [0.717, 1.165) is 46.9 Å². The Morgan fingerprint density at radius 1 is 1.12 bits per heavy atom. The van der Waals surface area contributed by atoms with Gasteiger partial charge in [0.1, 0.15) is 6.33 Å². The van der Waals surface area contributed by atoms with Crippen LogP contribution in [0.3, 0.4) is 0 Å². The van der Waals surface area contributed by atoms with Crippen LogP contribution in [-0.4, -0.2) is 56.0 Å². The average molecular weight is 431 g/mol. The SMILES string of the molecule is Cc1cc(-c2[nH]nc(-c3ccc([C@H](C)N(C)C4COC4)cc3)c2C(C)C)cn2ncnc12. The van der Waals surface area contributed by atoms with Gasteiger partial charge in [-0.05, 0) is 44.0 Å². The molecule has 0 saturated carbocycles. The van der Waals surface area contributed by atoms with Crippen molar-refractivity contribution < 1.29 is 4.74 Å². The van der Waals surface area contributed by atoms with Gasteiger partial charge in [0.15, 0.2) is 5.65 Å². The van der Waals surface area contributed by atoms with Gasteiger partial charge in [0.2, 0.25) is 0 Å². The van der Waals surface area contributed by atoms with Crippen molar-refractivity contribution in [2.24, 2.45) is 0 Å². The zero-order valence-electron chi connectivity index (χ0n) is 19.3. The molecule has 7 nitrogen and oxygen atoms in total. The predicted molar refractivity (Wildman–Crippen MR) is 126 cm³/mol. The lowest BCUT2D eigenvalue weighted by Crippen LogP contribution is -2.47. The van der Waals surface area contributed by atoms with E-state index in [4.69, 9.17) is 9.84 Å². The average Bonchev–Trinajstić information content (AvgIpc) is 3.39. The maximum Gasteiger partial charge on any atom is 0.158 e. The van der Waals surface area contributed by atoms with Gasteiger partial charge in [-0.2, -0.15) is 10.2 Å². The molecule has 7 heteroatoms. The monoisotopic (exact) mass is 430 g/mol. The van der Waals surface area contributed by atoms with Gasteiger partial charge in [-0.25, -0.2) is 9.50 Å². The van der Waals surface area contributed by atoms with Crippen LogP contribution in [0.2, 0.25) is 0 Å². The third-order valence-corrected chi connectivity index (χ3v) is 6.70. The van der Waals surface area contributed by atoms with E-state index in [2.05, 4.69) is 85.2 Å². The number of likely N-dealkylation sites (N-methyl/N-ethyl adjacent to an activating group) is 1. The van der Waals surface area contributed by atoms with Crippen molar-refractivity contribution in [3.05, 3.63) is 59.5 Å². The van der Waals surface area contributed by atoms with E-state index < -0.39 is 0 Å². The van der Waals surface area contributed by atoms with Gasteiger partial charge in [-0.15, -0.1) is 0 Å². The van der Waals surface area contributed by atoms with E-state index >= 15 is 0 Å². The van der Waals surface area contributed by atoms with Gasteiger partial charge in [-0.3, -0.25) is 10.00 Å². The summed E-state index contributed by atoms with van der Waals surface area (Å²) in [7, 11) is 2.18. The van der Waals surface area contributed by atoms with Gasteiger partial charge < -0.3 is 4.74 Å². The van der Waals surface area contributed by atoms with Crippen LogP contribution in [0.1, 0.15) is 49.4 Å². The molecular formula is C25H30N6O. The third-order valence-electron chi connectivity index (χ3n) is 6.70. The van der Waals surface area contributed by atoms with Crippen LogP contribution in [0, 0.1) is 6.92 Å². The number of H-pyrrole nitrogens is 1. The number of rotatable bonds is 6. The molecule has 4 heterocycles. The molecule has 1 saturated heterocycles. The first-order valence-electron chi connectivity index (χ1n) is 11.2. The zero-order valence-corrected chi connectivity index (χ0v) is 19.3. The van der Waals surface area contributed by atoms with Crippen molar-refractivity contribution in [1.82, 2.24) is 29.7 Å². The summed E-state index contributed by atoms with van der Waals surface area (Å²) >= 11 is 0. The van der Waals surface area contributed by atoms with Crippen LogP contribution < -0.4 is 0 Å². The second-order valence-corrected chi connectivity index (χ2v) is 9.11. The Hall–Kier alpha value is -3.03. The van der Waals surface area contributed by atoms with E-state index in [0.29, 0.717) is 18.0 Å². The molecule has 3 aromatic heterocycles. The van der Waals surface area contributed by atoms with E-state index in [9.17, 15) is 0 Å². The minimum Gasteiger partial charge on any atom is -0.378 e. The van der Waals surface area contributed by atoms with Crippen LogP contribution in [0.4, 0.5) is 0 Å². The molecule has 1 N–H and O–H groups in total. The van der Waals surface area contributed by atoms with Crippen molar-refractivity contribution in [2.45, 2.75) is 45.7 Å². The van der Waals surface area contributed by atoms with Gasteiger partial charge in [0, 0.05) is 28.9 Å². The molecule has 1 atom stereocenters. The van der Waals surface area contributed by atoms with Gasteiger partial charge in [0.05, 0.1) is 30.6 Å². The minimum absolute atomic E-state index is 0.314.